The number of carbonyl (C=O) groups is 2. The van der Waals surface area contributed by atoms with Crippen LogP contribution in [0.3, 0.4) is 0 Å². The van der Waals surface area contributed by atoms with Crippen LogP contribution < -0.4 is 5.32 Å². The van der Waals surface area contributed by atoms with Crippen molar-refractivity contribution in [3.05, 3.63) is 64.1 Å². The third kappa shape index (κ3) is 4.10. The summed E-state index contributed by atoms with van der Waals surface area (Å²) >= 11 is 3.36. The van der Waals surface area contributed by atoms with Crippen molar-refractivity contribution in [1.29, 1.82) is 0 Å². The standard InChI is InChI=1S/C20H21BrN2O2/c1-14-6-4-5-13-23(14)20(25)17-7-2-3-8-18(17)22-19(24)15-9-11-16(21)12-10-15/h2-3,7-12,14H,4-6,13H2,1H3,(H,22,24). The predicted octanol–water partition coefficient (Wildman–Crippen LogP) is 4.72. The molecule has 1 unspecified atom stereocenters. The molecule has 1 aliphatic heterocycles. The second-order valence-electron chi connectivity index (χ2n) is 6.35. The third-order valence-corrected chi connectivity index (χ3v) is 5.10. The van der Waals surface area contributed by atoms with Crippen LogP contribution in [-0.4, -0.2) is 29.3 Å². The summed E-state index contributed by atoms with van der Waals surface area (Å²) in [5, 5.41) is 2.88. The van der Waals surface area contributed by atoms with Crippen molar-refractivity contribution in [2.45, 2.75) is 32.2 Å². The molecule has 0 aliphatic carbocycles. The van der Waals surface area contributed by atoms with Crippen molar-refractivity contribution in [2.24, 2.45) is 0 Å². The van der Waals surface area contributed by atoms with Crippen molar-refractivity contribution in [1.82, 2.24) is 4.90 Å². The molecule has 2 aromatic carbocycles. The molecule has 3 rings (SSSR count). The molecule has 1 fully saturated rings. The number of halogens is 1. The van der Waals surface area contributed by atoms with Gasteiger partial charge in [0, 0.05) is 22.6 Å². The van der Waals surface area contributed by atoms with Gasteiger partial charge in [0.15, 0.2) is 0 Å². The van der Waals surface area contributed by atoms with Gasteiger partial charge in [0.05, 0.1) is 11.3 Å². The van der Waals surface area contributed by atoms with Gasteiger partial charge in [-0.3, -0.25) is 9.59 Å². The lowest BCUT2D eigenvalue weighted by Gasteiger charge is -2.33. The van der Waals surface area contributed by atoms with E-state index in [2.05, 4.69) is 28.2 Å². The highest BCUT2D eigenvalue weighted by molar-refractivity contribution is 9.10. The predicted molar refractivity (Wildman–Crippen MR) is 103 cm³/mol. The molecule has 1 atom stereocenters. The Hall–Kier alpha value is -2.14. The highest BCUT2D eigenvalue weighted by Gasteiger charge is 2.26. The Morgan fingerprint density at radius 1 is 1.08 bits per heavy atom. The monoisotopic (exact) mass is 400 g/mol. The molecule has 5 heteroatoms. The average molecular weight is 401 g/mol. The smallest absolute Gasteiger partial charge is 0.256 e. The van der Waals surface area contributed by atoms with Gasteiger partial charge in [-0.2, -0.15) is 0 Å². The number of nitrogens with zero attached hydrogens (tertiary/aromatic N) is 1. The van der Waals surface area contributed by atoms with Gasteiger partial charge in [0.1, 0.15) is 0 Å². The molecule has 1 saturated heterocycles. The fraction of sp³-hybridized carbons (Fsp3) is 0.300. The first-order chi connectivity index (χ1) is 12.1. The zero-order chi connectivity index (χ0) is 17.8. The van der Waals surface area contributed by atoms with Gasteiger partial charge in [0.25, 0.3) is 11.8 Å². The lowest BCUT2D eigenvalue weighted by atomic mass is 10.0. The van der Waals surface area contributed by atoms with Crippen LogP contribution in [-0.2, 0) is 0 Å². The van der Waals surface area contributed by atoms with Gasteiger partial charge in [-0.05, 0) is 62.6 Å². The minimum absolute atomic E-state index is 0.0149. The summed E-state index contributed by atoms with van der Waals surface area (Å²) in [6, 6.07) is 14.6. The minimum Gasteiger partial charge on any atom is -0.336 e. The molecule has 0 saturated carbocycles. The number of para-hydroxylation sites is 1. The van der Waals surface area contributed by atoms with E-state index in [1.54, 1.807) is 24.3 Å². The van der Waals surface area contributed by atoms with E-state index in [9.17, 15) is 9.59 Å². The van der Waals surface area contributed by atoms with Crippen LogP contribution in [0.15, 0.2) is 53.0 Å². The first-order valence-electron chi connectivity index (χ1n) is 8.53. The number of piperidine rings is 1. The summed E-state index contributed by atoms with van der Waals surface area (Å²) in [5.74, 6) is -0.238. The van der Waals surface area contributed by atoms with Crippen LogP contribution in [0.2, 0.25) is 0 Å². The number of benzene rings is 2. The Morgan fingerprint density at radius 2 is 1.80 bits per heavy atom. The van der Waals surface area contributed by atoms with E-state index in [-0.39, 0.29) is 17.9 Å². The summed E-state index contributed by atoms with van der Waals surface area (Å²) < 4.78 is 0.915. The van der Waals surface area contributed by atoms with Gasteiger partial charge < -0.3 is 10.2 Å². The van der Waals surface area contributed by atoms with Gasteiger partial charge in [-0.1, -0.05) is 28.1 Å². The number of rotatable bonds is 3. The highest BCUT2D eigenvalue weighted by atomic mass is 79.9. The van der Waals surface area contributed by atoms with E-state index in [1.165, 1.54) is 0 Å². The average Bonchev–Trinajstić information content (AvgIpc) is 2.62. The molecule has 0 aromatic heterocycles. The molecule has 0 radical (unpaired) electrons. The van der Waals surface area contributed by atoms with E-state index in [1.807, 2.05) is 29.2 Å². The lowest BCUT2D eigenvalue weighted by molar-refractivity contribution is 0.0636. The van der Waals surface area contributed by atoms with E-state index < -0.39 is 0 Å². The zero-order valence-corrected chi connectivity index (χ0v) is 15.8. The number of carbonyl (C=O) groups excluding carboxylic acids is 2. The quantitative estimate of drug-likeness (QED) is 0.810. The number of hydrogen-bond acceptors (Lipinski definition) is 2. The summed E-state index contributed by atoms with van der Waals surface area (Å²) in [4.78, 5) is 27.4. The molecule has 0 spiro atoms. The summed E-state index contributed by atoms with van der Waals surface area (Å²) in [5.41, 5.74) is 1.65. The maximum absolute atomic E-state index is 13.0. The molecule has 25 heavy (non-hydrogen) atoms. The lowest BCUT2D eigenvalue weighted by Crippen LogP contribution is -2.42. The largest absolute Gasteiger partial charge is 0.336 e. The number of hydrogen-bond donors (Lipinski definition) is 1. The van der Waals surface area contributed by atoms with Gasteiger partial charge in [0.2, 0.25) is 0 Å². The number of amides is 2. The molecule has 1 N–H and O–H groups in total. The number of nitrogens with one attached hydrogen (secondary N) is 1. The number of likely N-dealkylation sites (tertiary alicyclic amines) is 1. The first-order valence-corrected chi connectivity index (χ1v) is 9.32. The maximum Gasteiger partial charge on any atom is 0.256 e. The van der Waals surface area contributed by atoms with Crippen LogP contribution in [0, 0.1) is 0 Å². The van der Waals surface area contributed by atoms with Crippen LogP contribution in [0.1, 0.15) is 46.9 Å². The third-order valence-electron chi connectivity index (χ3n) is 4.58. The van der Waals surface area contributed by atoms with Gasteiger partial charge >= 0.3 is 0 Å². The Labute approximate surface area is 156 Å². The molecule has 1 aliphatic rings. The Balaban J connectivity index is 1.82. The zero-order valence-electron chi connectivity index (χ0n) is 14.2. The maximum atomic E-state index is 13.0. The molecular weight excluding hydrogens is 380 g/mol. The van der Waals surface area contributed by atoms with Gasteiger partial charge in [-0.25, -0.2) is 0 Å². The normalized spacial score (nSPS) is 17.2. The fourth-order valence-corrected chi connectivity index (χ4v) is 3.39. The van der Waals surface area contributed by atoms with Crippen molar-refractivity contribution >= 4 is 33.4 Å². The van der Waals surface area contributed by atoms with Crippen molar-refractivity contribution in [3.8, 4) is 0 Å². The summed E-state index contributed by atoms with van der Waals surface area (Å²) in [7, 11) is 0. The second kappa shape index (κ2) is 7.83. The van der Waals surface area contributed by atoms with E-state index >= 15 is 0 Å². The van der Waals surface area contributed by atoms with Crippen molar-refractivity contribution in [3.63, 3.8) is 0 Å². The van der Waals surface area contributed by atoms with Crippen molar-refractivity contribution < 1.29 is 9.59 Å². The SMILES string of the molecule is CC1CCCCN1C(=O)c1ccccc1NC(=O)c1ccc(Br)cc1. The second-order valence-corrected chi connectivity index (χ2v) is 7.27. The first kappa shape index (κ1) is 17.7. The summed E-state index contributed by atoms with van der Waals surface area (Å²) in [6.45, 7) is 2.86. The Bertz CT molecular complexity index is 774. The van der Waals surface area contributed by atoms with Crippen LogP contribution in [0.25, 0.3) is 0 Å². The molecule has 0 bridgehead atoms. The molecule has 2 amide bonds. The summed E-state index contributed by atoms with van der Waals surface area (Å²) in [6.07, 6.45) is 3.22. The van der Waals surface area contributed by atoms with Crippen LogP contribution >= 0.6 is 15.9 Å². The molecule has 1 heterocycles. The molecular formula is C20H21BrN2O2. The van der Waals surface area contributed by atoms with Gasteiger partial charge in [-0.15, -0.1) is 0 Å². The van der Waals surface area contributed by atoms with Crippen LogP contribution in [0.5, 0.6) is 0 Å². The van der Waals surface area contributed by atoms with E-state index in [0.29, 0.717) is 16.8 Å². The van der Waals surface area contributed by atoms with E-state index in [4.69, 9.17) is 0 Å². The topological polar surface area (TPSA) is 49.4 Å². The number of anilines is 1. The molecule has 2 aromatic rings. The highest BCUT2D eigenvalue weighted by Crippen LogP contribution is 2.24. The molecule has 130 valence electrons. The van der Waals surface area contributed by atoms with Crippen LogP contribution in [0.4, 0.5) is 5.69 Å². The minimum atomic E-state index is -0.223. The van der Waals surface area contributed by atoms with Crippen molar-refractivity contribution in [2.75, 3.05) is 11.9 Å². The van der Waals surface area contributed by atoms with E-state index in [0.717, 1.165) is 30.3 Å². The Morgan fingerprint density at radius 3 is 2.52 bits per heavy atom. The molecule has 4 nitrogen and oxygen atoms in total. The fourth-order valence-electron chi connectivity index (χ4n) is 3.13. The Kier molecular flexibility index (Phi) is 5.53.